The first kappa shape index (κ1) is 20.2. The van der Waals surface area contributed by atoms with E-state index in [1.165, 1.54) is 49.0 Å². The molecular formula is C44H28. The molecule has 0 atom stereocenters. The van der Waals surface area contributed by atoms with Gasteiger partial charge in [0.2, 0.25) is 0 Å². The standard InChI is InChI=1S/C44H28/c1-2-13-29(14-3-1)31-25-26-32-28-42(35-19-7-6-18-34(35)41(32)27-31)44-39-22-10-8-20-37(39)43(38-21-9-11-23-40(38)44)36-24-12-16-30-15-4-5-17-33(30)36/h1-28H/i1D,2D,3D,13D,14D. The molecular weight excluding hydrogens is 528 g/mol. The summed E-state index contributed by atoms with van der Waals surface area (Å²) < 4.78 is 41.7. The largest absolute Gasteiger partial charge is 0.0629 e. The summed E-state index contributed by atoms with van der Waals surface area (Å²) in [5, 5.41) is 11.2. The van der Waals surface area contributed by atoms with Gasteiger partial charge in [-0.05, 0) is 99.4 Å². The Labute approximate surface area is 263 Å². The molecule has 44 heavy (non-hydrogen) atoms. The highest BCUT2D eigenvalue weighted by molar-refractivity contribution is 6.27. The predicted molar refractivity (Wildman–Crippen MR) is 190 cm³/mol. The lowest BCUT2D eigenvalue weighted by atomic mass is 9.83. The van der Waals surface area contributed by atoms with Crippen LogP contribution in [0, 0.1) is 0 Å². The molecule has 0 heterocycles. The minimum atomic E-state index is -0.388. The van der Waals surface area contributed by atoms with Crippen molar-refractivity contribution in [3.05, 3.63) is 170 Å². The average Bonchev–Trinajstić information content (AvgIpc) is 3.15. The van der Waals surface area contributed by atoms with Crippen molar-refractivity contribution in [2.75, 3.05) is 0 Å². The highest BCUT2D eigenvalue weighted by atomic mass is 14.2. The second-order valence-electron chi connectivity index (χ2n) is 11.3. The van der Waals surface area contributed by atoms with Crippen LogP contribution in [-0.2, 0) is 0 Å². The van der Waals surface area contributed by atoms with E-state index in [1.54, 1.807) is 0 Å². The summed E-state index contributed by atoms with van der Waals surface area (Å²) in [4.78, 5) is 0. The fourth-order valence-corrected chi connectivity index (χ4v) is 7.01. The van der Waals surface area contributed by atoms with Crippen LogP contribution in [0.5, 0.6) is 0 Å². The fraction of sp³-hybridized carbons (Fsp3) is 0. The van der Waals surface area contributed by atoms with Crippen molar-refractivity contribution in [3.8, 4) is 33.4 Å². The Morgan fingerprint density at radius 2 is 0.864 bits per heavy atom. The van der Waals surface area contributed by atoms with E-state index >= 15 is 0 Å². The number of rotatable bonds is 3. The lowest BCUT2D eigenvalue weighted by Gasteiger charge is -2.20. The first-order valence-corrected chi connectivity index (χ1v) is 14.9. The van der Waals surface area contributed by atoms with E-state index in [0.717, 1.165) is 27.1 Å². The molecule has 9 aromatic carbocycles. The maximum Gasteiger partial charge on any atom is 0.0629 e. The molecule has 0 aromatic heterocycles. The minimum Gasteiger partial charge on any atom is -0.0622 e. The third-order valence-electron chi connectivity index (χ3n) is 8.91. The summed E-state index contributed by atoms with van der Waals surface area (Å²) in [6.07, 6.45) is 0. The van der Waals surface area contributed by atoms with Crippen molar-refractivity contribution in [1.82, 2.24) is 0 Å². The Kier molecular flexibility index (Phi) is 4.57. The molecule has 0 heteroatoms. The summed E-state index contributed by atoms with van der Waals surface area (Å²) in [5.74, 6) is 0. The van der Waals surface area contributed by atoms with Crippen molar-refractivity contribution < 1.29 is 6.85 Å². The van der Waals surface area contributed by atoms with Gasteiger partial charge in [-0.15, -0.1) is 0 Å². The molecule has 0 nitrogen and oxygen atoms in total. The third-order valence-corrected chi connectivity index (χ3v) is 8.91. The monoisotopic (exact) mass is 561 g/mol. The van der Waals surface area contributed by atoms with Gasteiger partial charge in [-0.3, -0.25) is 0 Å². The van der Waals surface area contributed by atoms with E-state index in [4.69, 9.17) is 6.85 Å². The Morgan fingerprint density at radius 1 is 0.318 bits per heavy atom. The molecule has 0 fully saturated rings. The normalized spacial score (nSPS) is 13.2. The van der Waals surface area contributed by atoms with E-state index in [-0.39, 0.29) is 35.8 Å². The zero-order chi connectivity index (χ0) is 33.4. The number of fused-ring (bicyclic) bond motifs is 6. The van der Waals surface area contributed by atoms with E-state index in [9.17, 15) is 0 Å². The molecule has 0 saturated carbocycles. The van der Waals surface area contributed by atoms with Crippen LogP contribution in [0.2, 0.25) is 0 Å². The Hall–Kier alpha value is -5.72. The van der Waals surface area contributed by atoms with Crippen LogP contribution >= 0.6 is 0 Å². The van der Waals surface area contributed by atoms with Crippen LogP contribution in [0.15, 0.2) is 170 Å². The van der Waals surface area contributed by atoms with Crippen molar-refractivity contribution >= 4 is 53.9 Å². The zero-order valence-electron chi connectivity index (χ0n) is 28.8. The van der Waals surface area contributed by atoms with E-state index in [1.807, 2.05) is 24.3 Å². The Balaban J connectivity index is 1.37. The van der Waals surface area contributed by atoms with Crippen LogP contribution in [0.25, 0.3) is 87.2 Å². The van der Waals surface area contributed by atoms with Crippen molar-refractivity contribution in [3.63, 3.8) is 0 Å². The number of hydrogen-bond donors (Lipinski definition) is 0. The molecule has 9 rings (SSSR count). The molecule has 0 saturated heterocycles. The molecule has 0 bridgehead atoms. The summed E-state index contributed by atoms with van der Waals surface area (Å²) in [6, 6.07) is 47.5. The molecule has 0 radical (unpaired) electrons. The van der Waals surface area contributed by atoms with Crippen LogP contribution < -0.4 is 0 Å². The third kappa shape index (κ3) is 3.78. The minimum absolute atomic E-state index is 0.199. The van der Waals surface area contributed by atoms with E-state index in [0.29, 0.717) is 5.56 Å². The SMILES string of the molecule is [2H]c1c([2H])c([2H])c(-c2ccc3cc(-c4c5ccccc5c(-c5cccc6ccccc56)c5ccccc45)c4ccccc4c3c2)c([2H])c1[2H]. The number of hydrogen-bond acceptors (Lipinski definition) is 0. The summed E-state index contributed by atoms with van der Waals surface area (Å²) in [5.41, 5.74) is 5.53. The maximum atomic E-state index is 8.60. The van der Waals surface area contributed by atoms with Crippen molar-refractivity contribution in [1.29, 1.82) is 0 Å². The van der Waals surface area contributed by atoms with Gasteiger partial charge < -0.3 is 0 Å². The molecule has 0 aliphatic rings. The molecule has 0 aliphatic carbocycles. The van der Waals surface area contributed by atoms with E-state index in [2.05, 4.69) is 115 Å². The summed E-state index contributed by atoms with van der Waals surface area (Å²) in [6.45, 7) is 0. The predicted octanol–water partition coefficient (Wildman–Crippen LogP) is 12.5. The van der Waals surface area contributed by atoms with Crippen molar-refractivity contribution in [2.24, 2.45) is 0 Å². The van der Waals surface area contributed by atoms with Crippen LogP contribution in [-0.4, -0.2) is 0 Å². The van der Waals surface area contributed by atoms with Gasteiger partial charge in [-0.1, -0.05) is 158 Å². The Morgan fingerprint density at radius 3 is 1.55 bits per heavy atom. The topological polar surface area (TPSA) is 0 Å². The van der Waals surface area contributed by atoms with E-state index < -0.39 is 0 Å². The quantitative estimate of drug-likeness (QED) is 0.149. The molecule has 0 spiro atoms. The fourth-order valence-electron chi connectivity index (χ4n) is 7.01. The van der Waals surface area contributed by atoms with Gasteiger partial charge in [0, 0.05) is 0 Å². The maximum absolute atomic E-state index is 8.60. The van der Waals surface area contributed by atoms with Gasteiger partial charge in [0.25, 0.3) is 0 Å². The Bertz CT molecular complexity index is 2740. The molecule has 9 aromatic rings. The molecule has 0 amide bonds. The first-order chi connectivity index (χ1) is 23.9. The van der Waals surface area contributed by atoms with Crippen molar-refractivity contribution in [2.45, 2.75) is 0 Å². The summed E-state index contributed by atoms with van der Waals surface area (Å²) in [7, 11) is 0. The second kappa shape index (κ2) is 9.93. The second-order valence-corrected chi connectivity index (χ2v) is 11.3. The molecule has 204 valence electrons. The van der Waals surface area contributed by atoms with Gasteiger partial charge in [0.15, 0.2) is 0 Å². The zero-order valence-corrected chi connectivity index (χ0v) is 23.8. The lowest BCUT2D eigenvalue weighted by Crippen LogP contribution is -1.93. The van der Waals surface area contributed by atoms with Gasteiger partial charge >= 0.3 is 0 Å². The van der Waals surface area contributed by atoms with Crippen LogP contribution in [0.3, 0.4) is 0 Å². The van der Waals surface area contributed by atoms with Gasteiger partial charge in [-0.25, -0.2) is 0 Å². The highest BCUT2D eigenvalue weighted by Crippen LogP contribution is 2.47. The van der Waals surface area contributed by atoms with Gasteiger partial charge in [-0.2, -0.15) is 0 Å². The first-order valence-electron chi connectivity index (χ1n) is 17.4. The van der Waals surface area contributed by atoms with Gasteiger partial charge in [0.05, 0.1) is 6.85 Å². The summed E-state index contributed by atoms with van der Waals surface area (Å²) >= 11 is 0. The molecule has 0 N–H and O–H groups in total. The smallest absolute Gasteiger partial charge is 0.0622 e. The highest BCUT2D eigenvalue weighted by Gasteiger charge is 2.20. The lowest BCUT2D eigenvalue weighted by molar-refractivity contribution is 1.65. The van der Waals surface area contributed by atoms with Gasteiger partial charge in [0.1, 0.15) is 0 Å². The number of benzene rings is 9. The van der Waals surface area contributed by atoms with Crippen LogP contribution in [0.4, 0.5) is 0 Å². The molecule has 0 unspecified atom stereocenters. The molecule has 0 aliphatic heterocycles. The van der Waals surface area contributed by atoms with Crippen LogP contribution in [0.1, 0.15) is 6.85 Å². The average molecular weight is 562 g/mol.